The van der Waals surface area contributed by atoms with Gasteiger partial charge in [0.15, 0.2) is 5.69 Å². The molecule has 0 radical (unpaired) electrons. The second-order valence-corrected chi connectivity index (χ2v) is 6.11. The van der Waals surface area contributed by atoms with E-state index in [4.69, 9.17) is 5.11 Å². The molecule has 1 saturated heterocycles. The van der Waals surface area contributed by atoms with Crippen LogP contribution in [-0.4, -0.2) is 49.1 Å². The van der Waals surface area contributed by atoms with Crippen molar-refractivity contribution in [2.45, 2.75) is 38.1 Å². The maximum absolute atomic E-state index is 10.9. The molecule has 0 aromatic carbocycles. The predicted octanol–water partition coefficient (Wildman–Crippen LogP) is 1.10. The van der Waals surface area contributed by atoms with Crippen molar-refractivity contribution in [2.24, 2.45) is 0 Å². The Morgan fingerprint density at radius 1 is 1.26 bits per heavy atom. The number of carbonyl (C=O) groups is 1. The van der Waals surface area contributed by atoms with E-state index in [1.807, 2.05) is 0 Å². The van der Waals surface area contributed by atoms with Crippen LogP contribution in [0.3, 0.4) is 0 Å². The summed E-state index contributed by atoms with van der Waals surface area (Å²) >= 11 is 0. The largest absolute Gasteiger partial charge is 0.476 e. The SMILES string of the molecule is O=C(O)c1cn(C2CCN(c3ncnc4c3CCCC4)C2)nn1. The first kappa shape index (κ1) is 14.1. The van der Waals surface area contributed by atoms with Crippen LogP contribution in [0.2, 0.25) is 0 Å². The summed E-state index contributed by atoms with van der Waals surface area (Å²) in [7, 11) is 0. The van der Waals surface area contributed by atoms with Gasteiger partial charge in [0, 0.05) is 24.3 Å². The molecule has 1 N–H and O–H groups in total. The van der Waals surface area contributed by atoms with Gasteiger partial charge in [-0.25, -0.2) is 19.4 Å². The molecule has 8 heteroatoms. The van der Waals surface area contributed by atoms with Gasteiger partial charge < -0.3 is 10.0 Å². The molecule has 2 aliphatic rings. The Morgan fingerprint density at radius 2 is 2.13 bits per heavy atom. The van der Waals surface area contributed by atoms with Crippen molar-refractivity contribution in [3.05, 3.63) is 29.5 Å². The van der Waals surface area contributed by atoms with E-state index < -0.39 is 5.97 Å². The zero-order valence-corrected chi connectivity index (χ0v) is 12.7. The fourth-order valence-corrected chi connectivity index (χ4v) is 3.48. The van der Waals surface area contributed by atoms with E-state index in [9.17, 15) is 4.79 Å². The molecule has 0 spiro atoms. The van der Waals surface area contributed by atoms with E-state index in [0.717, 1.165) is 38.2 Å². The normalized spacial score (nSPS) is 20.5. The number of aryl methyl sites for hydroxylation is 1. The van der Waals surface area contributed by atoms with Crippen LogP contribution in [0, 0.1) is 0 Å². The minimum absolute atomic E-state index is 0.0112. The molecule has 1 fully saturated rings. The summed E-state index contributed by atoms with van der Waals surface area (Å²) in [5, 5.41) is 16.6. The van der Waals surface area contributed by atoms with Crippen molar-refractivity contribution in [3.63, 3.8) is 0 Å². The third-order valence-electron chi connectivity index (χ3n) is 4.67. The number of aromatic nitrogens is 5. The molecule has 2 aromatic heterocycles. The van der Waals surface area contributed by atoms with Crippen LogP contribution >= 0.6 is 0 Å². The zero-order valence-electron chi connectivity index (χ0n) is 12.7. The first-order valence-electron chi connectivity index (χ1n) is 7.95. The molecule has 0 saturated carbocycles. The average molecular weight is 314 g/mol. The number of anilines is 1. The number of hydrogen-bond donors (Lipinski definition) is 1. The predicted molar refractivity (Wildman–Crippen MR) is 81.5 cm³/mol. The summed E-state index contributed by atoms with van der Waals surface area (Å²) < 4.78 is 1.66. The number of hydrogen-bond acceptors (Lipinski definition) is 6. The minimum atomic E-state index is -1.05. The molecule has 120 valence electrons. The summed E-state index contributed by atoms with van der Waals surface area (Å²) in [5.74, 6) is -0.00764. The Kier molecular flexibility index (Phi) is 3.44. The van der Waals surface area contributed by atoms with Gasteiger partial charge >= 0.3 is 5.97 Å². The summed E-state index contributed by atoms with van der Waals surface area (Å²) in [5.41, 5.74) is 2.45. The number of nitrogens with zero attached hydrogens (tertiary/aromatic N) is 6. The Bertz CT molecular complexity index is 743. The highest BCUT2D eigenvalue weighted by atomic mass is 16.4. The Labute approximate surface area is 133 Å². The van der Waals surface area contributed by atoms with E-state index >= 15 is 0 Å². The lowest BCUT2D eigenvalue weighted by molar-refractivity contribution is 0.0690. The van der Waals surface area contributed by atoms with Crippen LogP contribution in [0.5, 0.6) is 0 Å². The number of fused-ring (bicyclic) bond motifs is 1. The van der Waals surface area contributed by atoms with E-state index in [1.165, 1.54) is 30.3 Å². The number of aromatic carboxylic acids is 1. The van der Waals surface area contributed by atoms with Gasteiger partial charge in [-0.05, 0) is 32.1 Å². The van der Waals surface area contributed by atoms with Gasteiger partial charge in [-0.3, -0.25) is 0 Å². The highest BCUT2D eigenvalue weighted by Gasteiger charge is 2.29. The minimum Gasteiger partial charge on any atom is -0.476 e. The third-order valence-corrected chi connectivity index (χ3v) is 4.67. The van der Waals surface area contributed by atoms with Gasteiger partial charge in [0.05, 0.1) is 12.2 Å². The average Bonchev–Trinajstić information content (AvgIpc) is 3.23. The molecule has 1 atom stereocenters. The van der Waals surface area contributed by atoms with E-state index in [2.05, 4.69) is 25.2 Å². The van der Waals surface area contributed by atoms with Gasteiger partial charge in [-0.1, -0.05) is 5.21 Å². The molecule has 0 bridgehead atoms. The molecule has 23 heavy (non-hydrogen) atoms. The highest BCUT2D eigenvalue weighted by Crippen LogP contribution is 2.31. The number of carboxylic acids is 1. The Hall–Kier alpha value is -2.51. The number of carboxylic acid groups (broad SMARTS) is 1. The Morgan fingerprint density at radius 3 is 2.96 bits per heavy atom. The van der Waals surface area contributed by atoms with E-state index in [0.29, 0.717) is 0 Å². The lowest BCUT2D eigenvalue weighted by atomic mass is 9.96. The van der Waals surface area contributed by atoms with Crippen molar-refractivity contribution < 1.29 is 9.90 Å². The lowest BCUT2D eigenvalue weighted by Crippen LogP contribution is -2.25. The molecular formula is C15H18N6O2. The maximum atomic E-state index is 10.9. The van der Waals surface area contributed by atoms with E-state index in [-0.39, 0.29) is 11.7 Å². The Balaban J connectivity index is 1.55. The van der Waals surface area contributed by atoms with Crippen LogP contribution in [-0.2, 0) is 12.8 Å². The van der Waals surface area contributed by atoms with Crippen molar-refractivity contribution in [3.8, 4) is 0 Å². The molecule has 4 rings (SSSR count). The molecule has 1 unspecified atom stereocenters. The highest BCUT2D eigenvalue weighted by molar-refractivity contribution is 5.84. The van der Waals surface area contributed by atoms with Crippen LogP contribution in [0.15, 0.2) is 12.5 Å². The first-order chi connectivity index (χ1) is 11.2. The maximum Gasteiger partial charge on any atom is 0.358 e. The van der Waals surface area contributed by atoms with Crippen molar-refractivity contribution in [2.75, 3.05) is 18.0 Å². The molecule has 1 aliphatic carbocycles. The van der Waals surface area contributed by atoms with Gasteiger partial charge in [0.2, 0.25) is 0 Å². The molecule has 0 amide bonds. The molecule has 3 heterocycles. The van der Waals surface area contributed by atoms with Gasteiger partial charge in [-0.15, -0.1) is 5.10 Å². The molecule has 8 nitrogen and oxygen atoms in total. The van der Waals surface area contributed by atoms with Gasteiger partial charge in [0.25, 0.3) is 0 Å². The molecule has 2 aromatic rings. The molecule has 1 aliphatic heterocycles. The topological polar surface area (TPSA) is 97.0 Å². The monoisotopic (exact) mass is 314 g/mol. The van der Waals surface area contributed by atoms with Crippen molar-refractivity contribution in [1.29, 1.82) is 0 Å². The summed E-state index contributed by atoms with van der Waals surface area (Å²) in [4.78, 5) is 22.1. The fourth-order valence-electron chi connectivity index (χ4n) is 3.48. The zero-order chi connectivity index (χ0) is 15.8. The number of rotatable bonds is 3. The first-order valence-corrected chi connectivity index (χ1v) is 7.95. The van der Waals surface area contributed by atoms with Crippen LogP contribution in [0.4, 0.5) is 5.82 Å². The fraction of sp³-hybridized carbons (Fsp3) is 0.533. The smallest absolute Gasteiger partial charge is 0.358 e. The second kappa shape index (κ2) is 5.60. The van der Waals surface area contributed by atoms with Crippen LogP contribution < -0.4 is 4.90 Å². The third kappa shape index (κ3) is 2.54. The van der Waals surface area contributed by atoms with Crippen LogP contribution in [0.1, 0.15) is 47.1 Å². The van der Waals surface area contributed by atoms with Gasteiger partial charge in [-0.2, -0.15) is 0 Å². The quantitative estimate of drug-likeness (QED) is 0.906. The molecular weight excluding hydrogens is 296 g/mol. The van der Waals surface area contributed by atoms with Crippen LogP contribution in [0.25, 0.3) is 0 Å². The lowest BCUT2D eigenvalue weighted by Gasteiger charge is -2.24. The summed E-state index contributed by atoms with van der Waals surface area (Å²) in [6.45, 7) is 1.66. The van der Waals surface area contributed by atoms with Crippen molar-refractivity contribution >= 4 is 11.8 Å². The van der Waals surface area contributed by atoms with E-state index in [1.54, 1.807) is 11.0 Å². The summed E-state index contributed by atoms with van der Waals surface area (Å²) in [6, 6.07) is 0.129. The summed E-state index contributed by atoms with van der Waals surface area (Å²) in [6.07, 6.45) is 8.53. The second-order valence-electron chi connectivity index (χ2n) is 6.11. The van der Waals surface area contributed by atoms with Crippen molar-refractivity contribution in [1.82, 2.24) is 25.0 Å². The standard InChI is InChI=1S/C15H18N6O2/c22-15(23)13-8-21(19-18-13)10-5-6-20(7-10)14-11-3-1-2-4-12(11)16-9-17-14/h8-10H,1-7H2,(H,22,23). The van der Waals surface area contributed by atoms with Gasteiger partial charge in [0.1, 0.15) is 12.1 Å².